The molecule has 0 saturated carbocycles. The maximum atomic E-state index is 5.74. The number of nitrogens with zero attached hydrogens (tertiary/aromatic N) is 3. The Balaban J connectivity index is 2.24. The molecule has 0 amide bonds. The van der Waals surface area contributed by atoms with E-state index in [2.05, 4.69) is 21.8 Å². The first-order valence-electron chi connectivity index (χ1n) is 5.87. The molecule has 0 atom stereocenters. The molecule has 1 fully saturated rings. The number of hydrogen-bond acceptors (Lipinski definition) is 4. The van der Waals surface area contributed by atoms with Crippen LogP contribution in [0, 0.1) is 0 Å². The van der Waals surface area contributed by atoms with Crippen molar-refractivity contribution in [2.75, 3.05) is 38.1 Å². The van der Waals surface area contributed by atoms with Crippen LogP contribution in [-0.4, -0.2) is 48.1 Å². The van der Waals surface area contributed by atoms with Crippen LogP contribution in [0.1, 0.15) is 12.0 Å². The number of thiocarbonyl (C=S) groups is 1. The minimum atomic E-state index is 0.422. The van der Waals surface area contributed by atoms with Gasteiger partial charge in [-0.05, 0) is 32.1 Å². The maximum Gasteiger partial charge on any atom is 0.138 e. The monoisotopic (exact) mass is 250 g/mol. The van der Waals surface area contributed by atoms with Gasteiger partial charge in [0.05, 0.1) is 5.56 Å². The van der Waals surface area contributed by atoms with Crippen LogP contribution in [0.25, 0.3) is 0 Å². The number of likely N-dealkylation sites (N-methyl/N-ethyl adjacent to an activating group) is 1. The van der Waals surface area contributed by atoms with Crippen molar-refractivity contribution >= 4 is 23.0 Å². The fourth-order valence-electron chi connectivity index (χ4n) is 2.10. The lowest BCUT2D eigenvalue weighted by Gasteiger charge is -2.23. The Bertz CT molecular complexity index is 407. The quantitative estimate of drug-likeness (QED) is 0.789. The Morgan fingerprint density at radius 2 is 2.18 bits per heavy atom. The van der Waals surface area contributed by atoms with Crippen LogP contribution in [0.4, 0.5) is 5.82 Å². The molecule has 17 heavy (non-hydrogen) atoms. The zero-order valence-corrected chi connectivity index (χ0v) is 10.9. The van der Waals surface area contributed by atoms with Crippen molar-refractivity contribution in [1.29, 1.82) is 0 Å². The van der Waals surface area contributed by atoms with Gasteiger partial charge in [0, 0.05) is 25.8 Å². The van der Waals surface area contributed by atoms with Gasteiger partial charge in [-0.3, -0.25) is 0 Å². The molecule has 2 heterocycles. The van der Waals surface area contributed by atoms with E-state index in [1.807, 2.05) is 12.1 Å². The number of anilines is 1. The van der Waals surface area contributed by atoms with Gasteiger partial charge in [-0.25, -0.2) is 4.98 Å². The van der Waals surface area contributed by atoms with Gasteiger partial charge in [0.1, 0.15) is 10.8 Å². The molecule has 4 nitrogen and oxygen atoms in total. The first kappa shape index (κ1) is 12.3. The van der Waals surface area contributed by atoms with Gasteiger partial charge < -0.3 is 15.5 Å². The highest BCUT2D eigenvalue weighted by molar-refractivity contribution is 7.80. The van der Waals surface area contributed by atoms with E-state index >= 15 is 0 Å². The molecule has 0 unspecified atom stereocenters. The summed E-state index contributed by atoms with van der Waals surface area (Å²) in [6, 6.07) is 3.82. The van der Waals surface area contributed by atoms with E-state index < -0.39 is 0 Å². The van der Waals surface area contributed by atoms with E-state index in [1.54, 1.807) is 6.20 Å². The minimum absolute atomic E-state index is 0.422. The second-order valence-electron chi connectivity index (χ2n) is 4.38. The summed E-state index contributed by atoms with van der Waals surface area (Å²) < 4.78 is 0. The van der Waals surface area contributed by atoms with Gasteiger partial charge >= 0.3 is 0 Å². The van der Waals surface area contributed by atoms with E-state index in [-0.39, 0.29) is 0 Å². The molecule has 0 aliphatic carbocycles. The smallest absolute Gasteiger partial charge is 0.138 e. The molecule has 1 aliphatic heterocycles. The first-order chi connectivity index (χ1) is 8.18. The van der Waals surface area contributed by atoms with Gasteiger partial charge in [-0.15, -0.1) is 0 Å². The highest BCUT2D eigenvalue weighted by Gasteiger charge is 2.17. The minimum Gasteiger partial charge on any atom is -0.389 e. The normalized spacial score (nSPS) is 17.8. The average Bonchev–Trinajstić information content (AvgIpc) is 2.54. The lowest BCUT2D eigenvalue weighted by Crippen LogP contribution is -2.31. The number of rotatable bonds is 2. The molecular weight excluding hydrogens is 232 g/mol. The molecule has 1 aromatic rings. The molecule has 1 aliphatic rings. The average molecular weight is 250 g/mol. The summed E-state index contributed by atoms with van der Waals surface area (Å²) in [5, 5.41) is 0. The van der Waals surface area contributed by atoms with Crippen molar-refractivity contribution in [2.45, 2.75) is 6.42 Å². The fourth-order valence-corrected chi connectivity index (χ4v) is 2.26. The lowest BCUT2D eigenvalue weighted by molar-refractivity contribution is 0.360. The number of hydrogen-bond donors (Lipinski definition) is 1. The molecule has 92 valence electrons. The highest BCUT2D eigenvalue weighted by atomic mass is 32.1. The topological polar surface area (TPSA) is 45.4 Å². The van der Waals surface area contributed by atoms with E-state index in [9.17, 15) is 0 Å². The molecule has 5 heteroatoms. The van der Waals surface area contributed by atoms with Gasteiger partial charge in [-0.2, -0.15) is 0 Å². The van der Waals surface area contributed by atoms with Crippen LogP contribution in [-0.2, 0) is 0 Å². The number of pyridine rings is 1. The largest absolute Gasteiger partial charge is 0.389 e. The molecule has 2 N–H and O–H groups in total. The summed E-state index contributed by atoms with van der Waals surface area (Å²) in [5.74, 6) is 0.926. The first-order valence-corrected chi connectivity index (χ1v) is 6.27. The third-order valence-corrected chi connectivity index (χ3v) is 3.29. The summed E-state index contributed by atoms with van der Waals surface area (Å²) in [6.07, 6.45) is 2.94. The zero-order chi connectivity index (χ0) is 12.3. The van der Waals surface area contributed by atoms with Crippen molar-refractivity contribution in [2.24, 2.45) is 5.73 Å². The van der Waals surface area contributed by atoms with Crippen molar-refractivity contribution in [1.82, 2.24) is 9.88 Å². The third kappa shape index (κ3) is 2.92. The van der Waals surface area contributed by atoms with Gasteiger partial charge in [-0.1, -0.05) is 12.2 Å². The molecule has 0 spiro atoms. The highest BCUT2D eigenvalue weighted by Crippen LogP contribution is 2.18. The Morgan fingerprint density at radius 3 is 2.94 bits per heavy atom. The van der Waals surface area contributed by atoms with E-state index in [1.165, 1.54) is 0 Å². The van der Waals surface area contributed by atoms with Crippen molar-refractivity contribution in [3.05, 3.63) is 23.9 Å². The summed E-state index contributed by atoms with van der Waals surface area (Å²) in [6.45, 7) is 4.17. The van der Waals surface area contributed by atoms with Crippen LogP contribution in [0.3, 0.4) is 0 Å². The molecule has 2 rings (SSSR count). The van der Waals surface area contributed by atoms with Crippen molar-refractivity contribution in [3.8, 4) is 0 Å². The number of aromatic nitrogens is 1. The molecule has 0 aromatic carbocycles. The van der Waals surface area contributed by atoms with Gasteiger partial charge in [0.2, 0.25) is 0 Å². The Morgan fingerprint density at radius 1 is 1.35 bits per heavy atom. The van der Waals surface area contributed by atoms with E-state index in [0.29, 0.717) is 4.99 Å². The van der Waals surface area contributed by atoms with Crippen LogP contribution in [0.2, 0.25) is 0 Å². The number of nitrogens with two attached hydrogens (primary N) is 1. The Labute approximate surface area is 107 Å². The predicted octanol–water partition coefficient (Wildman–Crippen LogP) is 0.858. The van der Waals surface area contributed by atoms with E-state index in [0.717, 1.165) is 44.0 Å². The van der Waals surface area contributed by atoms with Crippen molar-refractivity contribution in [3.63, 3.8) is 0 Å². The summed E-state index contributed by atoms with van der Waals surface area (Å²) >= 11 is 5.08. The predicted molar refractivity (Wildman–Crippen MR) is 74.5 cm³/mol. The molecular formula is C12H18N4S. The van der Waals surface area contributed by atoms with Gasteiger partial charge in [0.25, 0.3) is 0 Å². The van der Waals surface area contributed by atoms with E-state index in [4.69, 9.17) is 18.0 Å². The van der Waals surface area contributed by atoms with Crippen molar-refractivity contribution < 1.29 is 0 Å². The molecule has 0 radical (unpaired) electrons. The fraction of sp³-hybridized carbons (Fsp3) is 0.500. The van der Waals surface area contributed by atoms with Gasteiger partial charge in [0.15, 0.2) is 0 Å². The second kappa shape index (κ2) is 5.42. The molecule has 1 saturated heterocycles. The van der Waals surface area contributed by atoms with Crippen LogP contribution in [0.15, 0.2) is 18.3 Å². The maximum absolute atomic E-state index is 5.74. The Kier molecular flexibility index (Phi) is 3.91. The Hall–Kier alpha value is -1.20. The van der Waals surface area contributed by atoms with Crippen LogP contribution in [0.5, 0.6) is 0 Å². The molecule has 0 bridgehead atoms. The SMILES string of the molecule is CN1CCCN(c2ncccc2C(N)=S)CC1. The second-order valence-corrected chi connectivity index (χ2v) is 4.82. The van der Waals surface area contributed by atoms with Crippen LogP contribution < -0.4 is 10.6 Å². The standard InChI is InChI=1S/C12H18N4S/c1-15-6-3-7-16(9-8-15)12-10(11(13)17)4-2-5-14-12/h2,4-5H,3,6-9H2,1H3,(H2,13,17). The third-order valence-electron chi connectivity index (χ3n) is 3.07. The molecule has 1 aromatic heterocycles. The van der Waals surface area contributed by atoms with Crippen LogP contribution >= 0.6 is 12.2 Å². The lowest BCUT2D eigenvalue weighted by atomic mass is 10.2. The summed E-state index contributed by atoms with van der Waals surface area (Å²) in [5.41, 5.74) is 6.62. The summed E-state index contributed by atoms with van der Waals surface area (Å²) in [7, 11) is 2.15. The summed E-state index contributed by atoms with van der Waals surface area (Å²) in [4.78, 5) is 9.46. The zero-order valence-electron chi connectivity index (χ0n) is 10.1.